The summed E-state index contributed by atoms with van der Waals surface area (Å²) < 4.78 is 13.5. The highest BCUT2D eigenvalue weighted by Crippen LogP contribution is 2.37. The van der Waals surface area contributed by atoms with Crippen molar-refractivity contribution in [2.45, 2.75) is 38.5 Å². The minimum Gasteiger partial charge on any atom is -0.359 e. The zero-order valence-corrected chi connectivity index (χ0v) is 13.1. The van der Waals surface area contributed by atoms with Gasteiger partial charge in [-0.3, -0.25) is 4.79 Å². The highest BCUT2D eigenvalue weighted by Gasteiger charge is 2.26. The summed E-state index contributed by atoms with van der Waals surface area (Å²) in [5.41, 5.74) is 5.42. The Morgan fingerprint density at radius 1 is 1.35 bits per heavy atom. The van der Waals surface area contributed by atoms with Crippen molar-refractivity contribution in [3.63, 3.8) is 0 Å². The van der Waals surface area contributed by atoms with Crippen LogP contribution in [0.25, 0.3) is 11.6 Å². The van der Waals surface area contributed by atoms with Crippen LogP contribution >= 0.6 is 0 Å². The van der Waals surface area contributed by atoms with E-state index in [1.54, 1.807) is 6.07 Å². The number of H-pyrrole nitrogens is 1. The van der Waals surface area contributed by atoms with Crippen LogP contribution in [-0.2, 0) is 11.2 Å². The Balaban J connectivity index is 1.76. The van der Waals surface area contributed by atoms with Crippen molar-refractivity contribution >= 4 is 23.2 Å². The molecule has 1 aromatic heterocycles. The number of anilines is 1. The van der Waals surface area contributed by atoms with Crippen molar-refractivity contribution in [1.82, 2.24) is 4.98 Å². The van der Waals surface area contributed by atoms with Gasteiger partial charge in [0.05, 0.1) is 5.57 Å². The van der Waals surface area contributed by atoms with E-state index < -0.39 is 0 Å². The molecule has 0 fully saturated rings. The minimum absolute atomic E-state index is 0.176. The van der Waals surface area contributed by atoms with Gasteiger partial charge in [0, 0.05) is 22.6 Å². The van der Waals surface area contributed by atoms with Crippen LogP contribution in [0, 0.1) is 5.82 Å². The van der Waals surface area contributed by atoms with Gasteiger partial charge >= 0.3 is 0 Å². The van der Waals surface area contributed by atoms with Gasteiger partial charge < -0.3 is 10.3 Å². The van der Waals surface area contributed by atoms with Crippen molar-refractivity contribution in [2.24, 2.45) is 0 Å². The third-order valence-electron chi connectivity index (χ3n) is 4.93. The Hall–Kier alpha value is -2.36. The van der Waals surface area contributed by atoms with E-state index in [9.17, 15) is 9.18 Å². The fraction of sp³-hybridized carbons (Fsp3) is 0.316. The summed E-state index contributed by atoms with van der Waals surface area (Å²) in [6.45, 7) is 2.22. The summed E-state index contributed by atoms with van der Waals surface area (Å²) in [5, 5.41) is 2.79. The molecular formula is C19H19FN2O. The molecule has 1 amide bonds. The molecule has 2 aliphatic rings. The van der Waals surface area contributed by atoms with Gasteiger partial charge in [0.1, 0.15) is 5.82 Å². The van der Waals surface area contributed by atoms with E-state index in [1.807, 2.05) is 6.08 Å². The summed E-state index contributed by atoms with van der Waals surface area (Å²) in [4.78, 5) is 15.6. The first-order chi connectivity index (χ1) is 11.2. The predicted octanol–water partition coefficient (Wildman–Crippen LogP) is 4.48. The lowest BCUT2D eigenvalue weighted by Crippen LogP contribution is -2.07. The van der Waals surface area contributed by atoms with Crippen molar-refractivity contribution in [3.05, 3.63) is 52.6 Å². The van der Waals surface area contributed by atoms with Gasteiger partial charge in [-0.1, -0.05) is 6.92 Å². The average molecular weight is 310 g/mol. The molecule has 3 nitrogen and oxygen atoms in total. The molecule has 0 saturated heterocycles. The van der Waals surface area contributed by atoms with Gasteiger partial charge in [-0.05, 0) is 67.5 Å². The number of amides is 1. The fourth-order valence-electron chi connectivity index (χ4n) is 3.75. The minimum atomic E-state index is -0.331. The molecule has 4 rings (SSSR count). The maximum absolute atomic E-state index is 13.5. The van der Waals surface area contributed by atoms with Crippen molar-refractivity contribution in [2.75, 3.05) is 5.32 Å². The van der Waals surface area contributed by atoms with Gasteiger partial charge in [-0.15, -0.1) is 0 Å². The molecule has 1 aromatic carbocycles. The zero-order valence-electron chi connectivity index (χ0n) is 13.1. The van der Waals surface area contributed by atoms with Crippen molar-refractivity contribution in [3.8, 4) is 0 Å². The van der Waals surface area contributed by atoms with Crippen LogP contribution < -0.4 is 5.32 Å². The first kappa shape index (κ1) is 14.2. The van der Waals surface area contributed by atoms with Crippen molar-refractivity contribution < 1.29 is 9.18 Å². The molecular weight excluding hydrogens is 291 g/mol. The molecule has 2 heterocycles. The van der Waals surface area contributed by atoms with Crippen LogP contribution in [0.3, 0.4) is 0 Å². The van der Waals surface area contributed by atoms with E-state index in [0.717, 1.165) is 18.5 Å². The molecule has 23 heavy (non-hydrogen) atoms. The summed E-state index contributed by atoms with van der Waals surface area (Å²) in [6, 6.07) is 6.54. The lowest BCUT2D eigenvalue weighted by molar-refractivity contribution is -0.110. The van der Waals surface area contributed by atoms with E-state index in [-0.39, 0.29) is 11.7 Å². The van der Waals surface area contributed by atoms with Crippen LogP contribution in [-0.4, -0.2) is 10.9 Å². The maximum atomic E-state index is 13.5. The molecule has 1 unspecified atom stereocenters. The normalized spacial score (nSPS) is 21.2. The monoisotopic (exact) mass is 310 g/mol. The number of aryl methyl sites for hydroxylation is 1. The molecule has 118 valence electrons. The fourth-order valence-corrected chi connectivity index (χ4v) is 3.75. The summed E-state index contributed by atoms with van der Waals surface area (Å²) in [6.07, 6.45) is 6.47. The quantitative estimate of drug-likeness (QED) is 0.789. The van der Waals surface area contributed by atoms with Gasteiger partial charge in [0.2, 0.25) is 0 Å². The lowest BCUT2D eigenvalue weighted by Gasteiger charge is -2.20. The van der Waals surface area contributed by atoms with Crippen LogP contribution in [0.2, 0.25) is 0 Å². The topological polar surface area (TPSA) is 44.9 Å². The number of hydrogen-bond donors (Lipinski definition) is 2. The van der Waals surface area contributed by atoms with Crippen LogP contribution in [0.1, 0.15) is 54.6 Å². The van der Waals surface area contributed by atoms with Gasteiger partial charge in [0.25, 0.3) is 5.91 Å². The van der Waals surface area contributed by atoms with Crippen LogP contribution in [0.15, 0.2) is 24.3 Å². The Bertz CT molecular complexity index is 819. The summed E-state index contributed by atoms with van der Waals surface area (Å²) in [5.74, 6) is 0.0949. The first-order valence-corrected chi connectivity index (χ1v) is 8.20. The van der Waals surface area contributed by atoms with E-state index in [0.29, 0.717) is 22.7 Å². The molecule has 1 aliphatic heterocycles. The number of hydrogen-bond acceptors (Lipinski definition) is 1. The summed E-state index contributed by atoms with van der Waals surface area (Å²) >= 11 is 0. The molecule has 1 atom stereocenters. The molecule has 1 aliphatic carbocycles. The van der Waals surface area contributed by atoms with Gasteiger partial charge in [-0.2, -0.15) is 0 Å². The number of carbonyl (C=O) groups is 1. The molecule has 0 spiro atoms. The van der Waals surface area contributed by atoms with E-state index in [1.165, 1.54) is 36.2 Å². The number of nitrogens with one attached hydrogen (secondary N) is 2. The third kappa shape index (κ3) is 2.38. The highest BCUT2D eigenvalue weighted by atomic mass is 19.1. The third-order valence-corrected chi connectivity index (χ3v) is 4.93. The van der Waals surface area contributed by atoms with Crippen molar-refractivity contribution in [1.29, 1.82) is 0 Å². The molecule has 0 saturated carbocycles. The Labute approximate surface area is 134 Å². The number of aromatic nitrogens is 1. The van der Waals surface area contributed by atoms with Crippen LogP contribution in [0.5, 0.6) is 0 Å². The second-order valence-corrected chi connectivity index (χ2v) is 6.36. The first-order valence-electron chi connectivity index (χ1n) is 8.20. The predicted molar refractivity (Wildman–Crippen MR) is 89.7 cm³/mol. The smallest absolute Gasteiger partial charge is 0.256 e. The number of benzene rings is 1. The van der Waals surface area contributed by atoms with E-state index in [4.69, 9.17) is 0 Å². The van der Waals surface area contributed by atoms with E-state index in [2.05, 4.69) is 23.3 Å². The highest BCUT2D eigenvalue weighted by molar-refractivity contribution is 6.34. The second kappa shape index (κ2) is 5.37. The lowest BCUT2D eigenvalue weighted by atomic mass is 9.85. The molecule has 0 radical (unpaired) electrons. The van der Waals surface area contributed by atoms with Gasteiger partial charge in [-0.25, -0.2) is 4.39 Å². The Kier molecular flexibility index (Phi) is 3.33. The van der Waals surface area contributed by atoms with Gasteiger partial charge in [0.15, 0.2) is 0 Å². The Morgan fingerprint density at radius 3 is 3.04 bits per heavy atom. The largest absolute Gasteiger partial charge is 0.359 e. The summed E-state index contributed by atoms with van der Waals surface area (Å²) in [7, 11) is 0. The molecule has 2 aromatic rings. The van der Waals surface area contributed by atoms with E-state index >= 15 is 0 Å². The average Bonchev–Trinajstić information content (AvgIpc) is 3.09. The standard InChI is InChI=1S/C19H19FN2O/c1-2-11-4-3-5-17-14(11)9-13(21-17)10-16-15-8-12(20)6-7-18(15)22-19(16)23/h6-11,21H,2-5H2,1H3,(H,22,23). The number of fused-ring (bicyclic) bond motifs is 2. The number of rotatable bonds is 2. The molecule has 2 N–H and O–H groups in total. The number of halogens is 1. The SMILES string of the molecule is CCC1CCCc2[nH]c(C=C3C(=O)Nc4ccc(F)cc43)cc21. The second-order valence-electron chi connectivity index (χ2n) is 6.36. The molecule has 0 bridgehead atoms. The van der Waals surface area contributed by atoms with Crippen LogP contribution in [0.4, 0.5) is 10.1 Å². The number of carbonyl (C=O) groups excluding carboxylic acids is 1. The molecule has 4 heteroatoms. The number of aromatic amines is 1. The maximum Gasteiger partial charge on any atom is 0.256 e. The zero-order chi connectivity index (χ0) is 16.0. The Morgan fingerprint density at radius 2 is 2.22 bits per heavy atom.